The average Bonchev–Trinajstić information content (AvgIpc) is 3.13. The van der Waals surface area contributed by atoms with Crippen molar-refractivity contribution < 1.29 is 0 Å². The van der Waals surface area contributed by atoms with Gasteiger partial charge in [0.05, 0.1) is 0 Å². The first-order valence-electron chi connectivity index (χ1n) is 6.11. The Bertz CT molecular complexity index is 553. The fourth-order valence-electron chi connectivity index (χ4n) is 2.33. The molecule has 1 heteroatoms. The molecule has 0 bridgehead atoms. The van der Waals surface area contributed by atoms with Crippen LogP contribution in [0.15, 0.2) is 42.5 Å². The molecule has 1 aliphatic rings. The van der Waals surface area contributed by atoms with Crippen LogP contribution >= 0.6 is 11.6 Å². The Kier molecular flexibility index (Phi) is 2.68. The van der Waals surface area contributed by atoms with Crippen LogP contribution in [0.25, 0.3) is 11.1 Å². The molecule has 17 heavy (non-hydrogen) atoms. The Labute approximate surface area is 107 Å². The smallest absolute Gasteiger partial charge is 0.0484 e. The zero-order valence-corrected chi connectivity index (χ0v) is 10.7. The molecule has 0 aliphatic heterocycles. The van der Waals surface area contributed by atoms with Gasteiger partial charge in [0, 0.05) is 10.6 Å². The van der Waals surface area contributed by atoms with E-state index in [0.717, 1.165) is 10.9 Å². The third-order valence-corrected chi connectivity index (χ3v) is 3.72. The SMILES string of the molecule is Cc1ccc(C2CC2)c(-c2ccccc2Cl)c1. The normalized spacial score (nSPS) is 14.9. The summed E-state index contributed by atoms with van der Waals surface area (Å²) >= 11 is 6.31. The molecule has 86 valence electrons. The van der Waals surface area contributed by atoms with Crippen molar-refractivity contribution in [2.75, 3.05) is 0 Å². The lowest BCUT2D eigenvalue weighted by Crippen LogP contribution is -1.89. The summed E-state index contributed by atoms with van der Waals surface area (Å²) in [6.07, 6.45) is 2.64. The summed E-state index contributed by atoms with van der Waals surface area (Å²) < 4.78 is 0. The minimum atomic E-state index is 0.752. The zero-order valence-electron chi connectivity index (χ0n) is 9.91. The highest BCUT2D eigenvalue weighted by Crippen LogP contribution is 2.45. The molecule has 0 aromatic heterocycles. The summed E-state index contributed by atoms with van der Waals surface area (Å²) in [5, 5.41) is 0.847. The van der Waals surface area contributed by atoms with Gasteiger partial charge >= 0.3 is 0 Å². The number of hydrogen-bond acceptors (Lipinski definition) is 0. The molecule has 0 unspecified atom stereocenters. The summed E-state index contributed by atoms with van der Waals surface area (Å²) in [4.78, 5) is 0. The molecule has 1 aliphatic carbocycles. The predicted octanol–water partition coefficient (Wildman–Crippen LogP) is 5.19. The maximum absolute atomic E-state index is 6.31. The van der Waals surface area contributed by atoms with Gasteiger partial charge in [0.2, 0.25) is 0 Å². The van der Waals surface area contributed by atoms with Gasteiger partial charge in [-0.25, -0.2) is 0 Å². The zero-order chi connectivity index (χ0) is 11.8. The molecule has 0 N–H and O–H groups in total. The van der Waals surface area contributed by atoms with Crippen LogP contribution in [0, 0.1) is 6.92 Å². The van der Waals surface area contributed by atoms with Crippen molar-refractivity contribution in [1.29, 1.82) is 0 Å². The van der Waals surface area contributed by atoms with Crippen LogP contribution in [0.1, 0.15) is 29.9 Å². The molecule has 0 radical (unpaired) electrons. The lowest BCUT2D eigenvalue weighted by molar-refractivity contribution is 1.13. The lowest BCUT2D eigenvalue weighted by atomic mass is 9.95. The molecule has 2 aromatic carbocycles. The summed E-state index contributed by atoms with van der Waals surface area (Å²) in [6.45, 7) is 2.14. The molecule has 0 saturated heterocycles. The Morgan fingerprint density at radius 1 is 1.00 bits per heavy atom. The van der Waals surface area contributed by atoms with Gasteiger partial charge < -0.3 is 0 Å². The van der Waals surface area contributed by atoms with Crippen LogP contribution in [0.5, 0.6) is 0 Å². The van der Waals surface area contributed by atoms with Crippen molar-refractivity contribution in [2.45, 2.75) is 25.7 Å². The second-order valence-corrected chi connectivity index (χ2v) is 5.25. The molecule has 2 aromatic rings. The molecule has 0 atom stereocenters. The van der Waals surface area contributed by atoms with Crippen LogP contribution in [-0.2, 0) is 0 Å². The Morgan fingerprint density at radius 2 is 1.76 bits per heavy atom. The van der Waals surface area contributed by atoms with E-state index in [2.05, 4.69) is 37.3 Å². The van der Waals surface area contributed by atoms with Gasteiger partial charge in [-0.05, 0) is 42.9 Å². The number of hydrogen-bond donors (Lipinski definition) is 0. The number of benzene rings is 2. The topological polar surface area (TPSA) is 0 Å². The molecular formula is C16H15Cl. The van der Waals surface area contributed by atoms with E-state index >= 15 is 0 Å². The minimum absolute atomic E-state index is 0.752. The van der Waals surface area contributed by atoms with E-state index in [-0.39, 0.29) is 0 Å². The van der Waals surface area contributed by atoms with E-state index in [1.54, 1.807) is 0 Å². The van der Waals surface area contributed by atoms with Crippen molar-refractivity contribution in [3.63, 3.8) is 0 Å². The van der Waals surface area contributed by atoms with Crippen LogP contribution in [0.3, 0.4) is 0 Å². The molecule has 0 spiro atoms. The van der Waals surface area contributed by atoms with Gasteiger partial charge in [-0.15, -0.1) is 0 Å². The van der Waals surface area contributed by atoms with Crippen molar-refractivity contribution in [1.82, 2.24) is 0 Å². The van der Waals surface area contributed by atoms with E-state index in [4.69, 9.17) is 11.6 Å². The molecule has 1 fully saturated rings. The Hall–Kier alpha value is -1.27. The van der Waals surface area contributed by atoms with Crippen molar-refractivity contribution >= 4 is 11.6 Å². The van der Waals surface area contributed by atoms with Crippen molar-refractivity contribution in [3.8, 4) is 11.1 Å². The first-order valence-corrected chi connectivity index (χ1v) is 6.49. The summed E-state index contributed by atoms with van der Waals surface area (Å²) in [7, 11) is 0. The molecule has 1 saturated carbocycles. The van der Waals surface area contributed by atoms with E-state index < -0.39 is 0 Å². The maximum Gasteiger partial charge on any atom is 0.0484 e. The number of halogens is 1. The summed E-state index contributed by atoms with van der Waals surface area (Å²) in [5.74, 6) is 0.752. The standard InChI is InChI=1S/C16H15Cl/c1-11-6-9-13(12-7-8-12)15(10-11)14-4-2-3-5-16(14)17/h2-6,9-10,12H,7-8H2,1H3. The highest BCUT2D eigenvalue weighted by Gasteiger charge is 2.26. The van der Waals surface area contributed by atoms with Gasteiger partial charge in [-0.1, -0.05) is 53.6 Å². The molecule has 0 nitrogen and oxygen atoms in total. The van der Waals surface area contributed by atoms with Crippen molar-refractivity contribution in [3.05, 3.63) is 58.6 Å². The maximum atomic E-state index is 6.31. The Morgan fingerprint density at radius 3 is 2.47 bits per heavy atom. The van der Waals surface area contributed by atoms with Gasteiger partial charge in [-0.2, -0.15) is 0 Å². The molecule has 0 amide bonds. The van der Waals surface area contributed by atoms with Crippen molar-refractivity contribution in [2.24, 2.45) is 0 Å². The van der Waals surface area contributed by atoms with Gasteiger partial charge in [0.25, 0.3) is 0 Å². The van der Waals surface area contributed by atoms with Crippen LogP contribution in [-0.4, -0.2) is 0 Å². The summed E-state index contributed by atoms with van der Waals surface area (Å²) in [6, 6.07) is 14.9. The van der Waals surface area contributed by atoms with Gasteiger partial charge in [0.15, 0.2) is 0 Å². The van der Waals surface area contributed by atoms with E-state index in [0.29, 0.717) is 0 Å². The first-order chi connectivity index (χ1) is 8.25. The van der Waals surface area contributed by atoms with Gasteiger partial charge in [0.1, 0.15) is 0 Å². The van der Waals surface area contributed by atoms with E-state index in [1.165, 1.54) is 35.1 Å². The number of aryl methyl sites for hydroxylation is 1. The fourth-order valence-corrected chi connectivity index (χ4v) is 2.57. The monoisotopic (exact) mass is 242 g/mol. The largest absolute Gasteiger partial charge is 0.0837 e. The Balaban J connectivity index is 2.18. The van der Waals surface area contributed by atoms with E-state index in [1.807, 2.05) is 12.1 Å². The van der Waals surface area contributed by atoms with Gasteiger partial charge in [-0.3, -0.25) is 0 Å². The molecular weight excluding hydrogens is 228 g/mol. The van der Waals surface area contributed by atoms with Crippen LogP contribution in [0.4, 0.5) is 0 Å². The average molecular weight is 243 g/mol. The second kappa shape index (κ2) is 4.19. The predicted molar refractivity (Wildman–Crippen MR) is 73.6 cm³/mol. The number of rotatable bonds is 2. The third kappa shape index (κ3) is 2.10. The fraction of sp³-hybridized carbons (Fsp3) is 0.250. The minimum Gasteiger partial charge on any atom is -0.0837 e. The molecule has 0 heterocycles. The van der Waals surface area contributed by atoms with Crippen LogP contribution in [0.2, 0.25) is 5.02 Å². The summed E-state index contributed by atoms with van der Waals surface area (Å²) in [5.41, 5.74) is 5.24. The second-order valence-electron chi connectivity index (χ2n) is 4.84. The lowest BCUT2D eigenvalue weighted by Gasteiger charge is -2.11. The first kappa shape index (κ1) is 10.9. The third-order valence-electron chi connectivity index (χ3n) is 3.39. The molecule has 3 rings (SSSR count). The highest BCUT2D eigenvalue weighted by atomic mass is 35.5. The quantitative estimate of drug-likeness (QED) is 0.680. The van der Waals surface area contributed by atoms with Crippen LogP contribution < -0.4 is 0 Å². The van der Waals surface area contributed by atoms with E-state index in [9.17, 15) is 0 Å². The highest BCUT2D eigenvalue weighted by molar-refractivity contribution is 6.33.